The van der Waals surface area contributed by atoms with Crippen molar-refractivity contribution in [2.24, 2.45) is 5.92 Å². The van der Waals surface area contributed by atoms with Crippen molar-refractivity contribution in [3.8, 4) is 0 Å². The molecule has 3 rings (SSSR count). The molecule has 0 aliphatic carbocycles. The predicted octanol–water partition coefficient (Wildman–Crippen LogP) is 3.59. The molecule has 2 aromatic rings. The molecule has 1 aromatic heterocycles. The third kappa shape index (κ3) is 3.70. The van der Waals surface area contributed by atoms with Crippen molar-refractivity contribution in [3.05, 3.63) is 35.0 Å². The summed E-state index contributed by atoms with van der Waals surface area (Å²) in [4.78, 5) is 29.8. The van der Waals surface area contributed by atoms with Gasteiger partial charge in [-0.2, -0.15) is 0 Å². The number of carbonyl (C=O) groups is 2. The van der Waals surface area contributed by atoms with Gasteiger partial charge >= 0.3 is 5.97 Å². The quantitative estimate of drug-likeness (QED) is 0.867. The zero-order valence-corrected chi connectivity index (χ0v) is 15.4. The molecule has 0 saturated carbocycles. The lowest BCUT2D eigenvalue weighted by Gasteiger charge is -2.31. The molecule has 0 bridgehead atoms. The fourth-order valence-corrected chi connectivity index (χ4v) is 3.47. The molecule has 1 unspecified atom stereocenters. The summed E-state index contributed by atoms with van der Waals surface area (Å²) in [6.07, 6.45) is 1.25. The van der Waals surface area contributed by atoms with Gasteiger partial charge in [0.2, 0.25) is 0 Å². The number of aromatic amines is 1. The van der Waals surface area contributed by atoms with Crippen molar-refractivity contribution in [3.63, 3.8) is 0 Å². The van der Waals surface area contributed by atoms with Gasteiger partial charge in [-0.25, -0.2) is 4.79 Å². The Labute approximate surface area is 148 Å². The van der Waals surface area contributed by atoms with Crippen LogP contribution in [0.15, 0.2) is 18.2 Å². The number of ether oxygens (including phenoxy) is 1. The van der Waals surface area contributed by atoms with Gasteiger partial charge in [0, 0.05) is 24.0 Å². The molecule has 1 N–H and O–H groups in total. The Balaban J connectivity index is 1.69. The van der Waals surface area contributed by atoms with Gasteiger partial charge in [0.05, 0.1) is 0 Å². The van der Waals surface area contributed by atoms with Crippen molar-refractivity contribution in [2.45, 2.75) is 46.6 Å². The Hall–Kier alpha value is -2.30. The minimum absolute atomic E-state index is 0.108. The van der Waals surface area contributed by atoms with Crippen molar-refractivity contribution in [2.75, 3.05) is 13.1 Å². The first-order valence-corrected chi connectivity index (χ1v) is 8.95. The maximum atomic E-state index is 12.5. The van der Waals surface area contributed by atoms with E-state index >= 15 is 0 Å². The van der Waals surface area contributed by atoms with Crippen LogP contribution in [0.3, 0.4) is 0 Å². The number of H-pyrrole nitrogens is 1. The maximum Gasteiger partial charge on any atom is 0.355 e. The van der Waals surface area contributed by atoms with Gasteiger partial charge < -0.3 is 14.6 Å². The van der Waals surface area contributed by atoms with Crippen molar-refractivity contribution >= 4 is 22.8 Å². The number of benzene rings is 1. The summed E-state index contributed by atoms with van der Waals surface area (Å²) < 4.78 is 5.42. The Morgan fingerprint density at radius 2 is 1.88 bits per heavy atom. The molecular weight excluding hydrogens is 316 g/mol. The van der Waals surface area contributed by atoms with Crippen LogP contribution in [0.1, 0.15) is 48.3 Å². The van der Waals surface area contributed by atoms with E-state index in [9.17, 15) is 9.59 Å². The molecule has 1 amide bonds. The molecule has 5 heteroatoms. The topological polar surface area (TPSA) is 62.4 Å². The lowest BCUT2D eigenvalue weighted by molar-refractivity contribution is -0.141. The largest absolute Gasteiger partial charge is 0.448 e. The van der Waals surface area contributed by atoms with Crippen LogP contribution < -0.4 is 0 Å². The first-order chi connectivity index (χ1) is 11.8. The lowest BCUT2D eigenvalue weighted by Crippen LogP contribution is -2.44. The van der Waals surface area contributed by atoms with Crippen LogP contribution in [-0.4, -0.2) is 41.0 Å². The first kappa shape index (κ1) is 17.5. The number of aromatic nitrogens is 1. The highest BCUT2D eigenvalue weighted by Gasteiger charge is 2.27. The molecule has 5 nitrogen and oxygen atoms in total. The van der Waals surface area contributed by atoms with Crippen LogP contribution in [0.4, 0.5) is 0 Å². The normalized spacial score (nSPS) is 16.9. The van der Waals surface area contributed by atoms with Gasteiger partial charge in [0.25, 0.3) is 5.91 Å². The Morgan fingerprint density at radius 1 is 1.20 bits per heavy atom. The van der Waals surface area contributed by atoms with Crippen molar-refractivity contribution in [1.29, 1.82) is 0 Å². The highest BCUT2D eigenvalue weighted by molar-refractivity contribution is 5.97. The third-order valence-corrected chi connectivity index (χ3v) is 5.04. The number of aryl methyl sites for hydroxylation is 2. The fourth-order valence-electron chi connectivity index (χ4n) is 3.47. The van der Waals surface area contributed by atoms with E-state index in [4.69, 9.17) is 4.74 Å². The third-order valence-electron chi connectivity index (χ3n) is 5.04. The molecule has 0 radical (unpaired) electrons. The van der Waals surface area contributed by atoms with E-state index in [-0.39, 0.29) is 5.91 Å². The zero-order valence-electron chi connectivity index (χ0n) is 15.4. The van der Waals surface area contributed by atoms with E-state index in [0.717, 1.165) is 48.0 Å². The average molecular weight is 342 g/mol. The molecule has 2 heterocycles. The number of carbonyl (C=O) groups excluding carboxylic acids is 2. The Kier molecular flexibility index (Phi) is 4.84. The maximum absolute atomic E-state index is 12.5. The van der Waals surface area contributed by atoms with E-state index in [2.05, 4.69) is 18.0 Å². The van der Waals surface area contributed by atoms with Crippen LogP contribution in [0.25, 0.3) is 10.9 Å². The van der Waals surface area contributed by atoms with Gasteiger partial charge in [-0.3, -0.25) is 4.79 Å². The molecule has 0 spiro atoms. The lowest BCUT2D eigenvalue weighted by atomic mass is 9.99. The number of piperidine rings is 1. The smallest absolute Gasteiger partial charge is 0.355 e. The number of hydrogen-bond acceptors (Lipinski definition) is 3. The first-order valence-electron chi connectivity index (χ1n) is 8.95. The highest BCUT2D eigenvalue weighted by atomic mass is 16.5. The number of esters is 1. The summed E-state index contributed by atoms with van der Waals surface area (Å²) in [5, 5.41) is 1.00. The molecule has 1 aromatic carbocycles. The van der Waals surface area contributed by atoms with E-state index in [1.54, 1.807) is 17.9 Å². The standard InChI is InChI=1S/C20H26N2O3/c1-12-5-7-22(8-6-12)19(23)15(4)25-20(24)18-11-16-14(3)9-13(2)10-17(16)21-18/h9-12,15,21H,5-8H2,1-4H3. The van der Waals surface area contributed by atoms with Crippen molar-refractivity contribution in [1.82, 2.24) is 9.88 Å². The fraction of sp³-hybridized carbons (Fsp3) is 0.500. The van der Waals surface area contributed by atoms with Gasteiger partial charge in [0.15, 0.2) is 6.10 Å². The predicted molar refractivity (Wildman–Crippen MR) is 97.6 cm³/mol. The second kappa shape index (κ2) is 6.90. The molecule has 25 heavy (non-hydrogen) atoms. The number of fused-ring (bicyclic) bond motifs is 1. The summed E-state index contributed by atoms with van der Waals surface area (Å²) in [6, 6.07) is 5.88. The number of amides is 1. The van der Waals surface area contributed by atoms with Crippen LogP contribution >= 0.6 is 0 Å². The van der Waals surface area contributed by atoms with Crippen LogP contribution in [0.5, 0.6) is 0 Å². The molecular formula is C20H26N2O3. The van der Waals surface area contributed by atoms with E-state index < -0.39 is 12.1 Å². The van der Waals surface area contributed by atoms with Gasteiger partial charge in [-0.05, 0) is 62.8 Å². The van der Waals surface area contributed by atoms with Crippen LogP contribution in [-0.2, 0) is 9.53 Å². The second-order valence-corrected chi connectivity index (χ2v) is 7.28. The Bertz CT molecular complexity index is 801. The number of nitrogens with zero attached hydrogens (tertiary/aromatic N) is 1. The van der Waals surface area contributed by atoms with Gasteiger partial charge in [-0.1, -0.05) is 13.0 Å². The minimum Gasteiger partial charge on any atom is -0.448 e. The molecule has 1 fully saturated rings. The van der Waals surface area contributed by atoms with Crippen molar-refractivity contribution < 1.29 is 14.3 Å². The number of likely N-dealkylation sites (tertiary alicyclic amines) is 1. The average Bonchev–Trinajstić information content (AvgIpc) is 2.99. The summed E-state index contributed by atoms with van der Waals surface area (Å²) in [7, 11) is 0. The molecule has 1 aliphatic heterocycles. The van der Waals surface area contributed by atoms with Crippen LogP contribution in [0, 0.1) is 19.8 Å². The van der Waals surface area contributed by atoms with E-state index in [0.29, 0.717) is 11.6 Å². The SMILES string of the molecule is Cc1cc(C)c2cc(C(=O)OC(C)C(=O)N3CCC(C)CC3)[nH]c2c1. The minimum atomic E-state index is -0.768. The number of rotatable bonds is 3. The highest BCUT2D eigenvalue weighted by Crippen LogP contribution is 2.22. The van der Waals surface area contributed by atoms with E-state index in [1.165, 1.54) is 0 Å². The molecule has 1 atom stereocenters. The summed E-state index contributed by atoms with van der Waals surface area (Å²) in [5.74, 6) is 0.0582. The van der Waals surface area contributed by atoms with Gasteiger partial charge in [-0.15, -0.1) is 0 Å². The van der Waals surface area contributed by atoms with Crippen LogP contribution in [0.2, 0.25) is 0 Å². The summed E-state index contributed by atoms with van der Waals surface area (Å²) in [6.45, 7) is 9.37. The Morgan fingerprint density at radius 3 is 2.56 bits per heavy atom. The molecule has 1 saturated heterocycles. The van der Waals surface area contributed by atoms with Gasteiger partial charge in [0.1, 0.15) is 5.69 Å². The molecule has 134 valence electrons. The number of nitrogens with one attached hydrogen (secondary N) is 1. The number of hydrogen-bond donors (Lipinski definition) is 1. The zero-order chi connectivity index (χ0) is 18.1. The second-order valence-electron chi connectivity index (χ2n) is 7.28. The monoisotopic (exact) mass is 342 g/mol. The summed E-state index contributed by atoms with van der Waals surface area (Å²) >= 11 is 0. The molecule has 1 aliphatic rings. The summed E-state index contributed by atoms with van der Waals surface area (Å²) in [5.41, 5.74) is 3.54. The van der Waals surface area contributed by atoms with E-state index in [1.807, 2.05) is 19.9 Å².